The first-order valence-electron chi connectivity index (χ1n) is 10.7. The van der Waals surface area contributed by atoms with Crippen molar-refractivity contribution < 1.29 is 9.59 Å². The molecule has 1 spiro atoms. The van der Waals surface area contributed by atoms with Gasteiger partial charge in [-0.1, -0.05) is 18.2 Å². The van der Waals surface area contributed by atoms with Crippen molar-refractivity contribution in [3.8, 4) is 0 Å². The minimum Gasteiger partial charge on any atom is -0.338 e. The number of carbonyl (C=O) groups is 2. The summed E-state index contributed by atoms with van der Waals surface area (Å²) in [5.74, 6) is 0.995. The Labute approximate surface area is 181 Å². The molecule has 1 aromatic carbocycles. The number of fused-ring (bicyclic) bond motifs is 2. The van der Waals surface area contributed by atoms with Crippen molar-refractivity contribution in [3.05, 3.63) is 77.7 Å². The molecule has 2 aliphatic rings. The first kappa shape index (κ1) is 19.5. The molecule has 5 rings (SSSR count). The zero-order chi connectivity index (χ0) is 21.4. The second-order valence-corrected chi connectivity index (χ2v) is 8.45. The van der Waals surface area contributed by atoms with E-state index in [9.17, 15) is 9.59 Å². The molecule has 7 heteroatoms. The predicted molar refractivity (Wildman–Crippen MR) is 117 cm³/mol. The highest BCUT2D eigenvalue weighted by Crippen LogP contribution is 2.42. The van der Waals surface area contributed by atoms with Crippen LogP contribution in [0.15, 0.2) is 60.9 Å². The van der Waals surface area contributed by atoms with Crippen molar-refractivity contribution in [3.63, 3.8) is 0 Å². The number of carbonyl (C=O) groups excluding carboxylic acids is 2. The zero-order valence-electron chi connectivity index (χ0n) is 17.6. The molecule has 158 valence electrons. The molecule has 0 aliphatic carbocycles. The van der Waals surface area contributed by atoms with E-state index < -0.39 is 0 Å². The maximum absolute atomic E-state index is 13.3. The van der Waals surface area contributed by atoms with Crippen LogP contribution in [-0.4, -0.2) is 44.6 Å². The van der Waals surface area contributed by atoms with E-state index in [4.69, 9.17) is 5.10 Å². The number of anilines is 1. The molecule has 0 atom stereocenters. The van der Waals surface area contributed by atoms with E-state index in [2.05, 4.69) is 9.67 Å². The van der Waals surface area contributed by atoms with Crippen molar-refractivity contribution in [2.45, 2.75) is 38.3 Å². The summed E-state index contributed by atoms with van der Waals surface area (Å²) in [5, 5.41) is 4.79. The van der Waals surface area contributed by atoms with Crippen LogP contribution in [0.3, 0.4) is 0 Å². The van der Waals surface area contributed by atoms with Crippen LogP contribution in [0.25, 0.3) is 0 Å². The van der Waals surface area contributed by atoms with Crippen molar-refractivity contribution >= 4 is 17.6 Å². The molecular formula is C24H25N5O2. The highest BCUT2D eigenvalue weighted by molar-refractivity contribution is 5.95. The molecule has 1 saturated heterocycles. The van der Waals surface area contributed by atoms with E-state index in [1.54, 1.807) is 12.4 Å². The Morgan fingerprint density at radius 2 is 1.77 bits per heavy atom. The maximum Gasteiger partial charge on any atom is 0.253 e. The predicted octanol–water partition coefficient (Wildman–Crippen LogP) is 3.15. The Kier molecular flexibility index (Phi) is 4.81. The van der Waals surface area contributed by atoms with Crippen LogP contribution >= 0.6 is 0 Å². The fourth-order valence-electron chi connectivity index (χ4n) is 4.72. The molecule has 1 fully saturated rings. The largest absolute Gasteiger partial charge is 0.338 e. The molecular weight excluding hydrogens is 390 g/mol. The average molecular weight is 415 g/mol. The summed E-state index contributed by atoms with van der Waals surface area (Å²) in [7, 11) is 0. The van der Waals surface area contributed by atoms with Crippen molar-refractivity contribution in [1.29, 1.82) is 0 Å². The van der Waals surface area contributed by atoms with Gasteiger partial charge in [0.05, 0.1) is 24.2 Å². The molecule has 2 amide bonds. The molecule has 3 aromatic rings. The number of likely N-dealkylation sites (tertiary alicyclic amines) is 1. The van der Waals surface area contributed by atoms with Gasteiger partial charge in [-0.2, -0.15) is 5.10 Å². The van der Waals surface area contributed by atoms with Crippen LogP contribution in [-0.2, 0) is 16.9 Å². The Morgan fingerprint density at radius 1 is 1.06 bits per heavy atom. The number of rotatable bonds is 3. The number of pyridine rings is 1. The molecule has 2 aliphatic heterocycles. The van der Waals surface area contributed by atoms with Gasteiger partial charge in [0, 0.05) is 37.1 Å². The van der Waals surface area contributed by atoms with Crippen LogP contribution in [0.1, 0.15) is 40.9 Å². The fourth-order valence-corrected chi connectivity index (χ4v) is 4.72. The zero-order valence-corrected chi connectivity index (χ0v) is 17.6. The summed E-state index contributed by atoms with van der Waals surface area (Å²) in [5.41, 5.74) is 2.26. The lowest BCUT2D eigenvalue weighted by Crippen LogP contribution is -2.54. The van der Waals surface area contributed by atoms with Gasteiger partial charge in [-0.3, -0.25) is 19.5 Å². The van der Waals surface area contributed by atoms with E-state index in [0.717, 1.165) is 17.1 Å². The number of amides is 2. The Bertz CT molecular complexity index is 1100. The summed E-state index contributed by atoms with van der Waals surface area (Å²) in [6.45, 7) is 3.69. The van der Waals surface area contributed by atoms with Crippen molar-refractivity contribution in [2.75, 3.05) is 18.0 Å². The van der Waals surface area contributed by atoms with Crippen LogP contribution < -0.4 is 4.90 Å². The van der Waals surface area contributed by atoms with Gasteiger partial charge in [-0.05, 0) is 49.6 Å². The smallest absolute Gasteiger partial charge is 0.253 e. The quantitative estimate of drug-likeness (QED) is 0.659. The lowest BCUT2D eigenvalue weighted by Gasteiger charge is -2.46. The average Bonchev–Trinajstić information content (AvgIpc) is 3.20. The molecule has 0 saturated carbocycles. The third-order valence-corrected chi connectivity index (χ3v) is 6.41. The number of hydrogen-bond acceptors (Lipinski definition) is 4. The van der Waals surface area contributed by atoms with Crippen LogP contribution in [0.5, 0.6) is 0 Å². The number of benzene rings is 1. The van der Waals surface area contributed by atoms with Crippen molar-refractivity contribution in [2.24, 2.45) is 0 Å². The third kappa shape index (κ3) is 3.50. The van der Waals surface area contributed by atoms with Gasteiger partial charge >= 0.3 is 0 Å². The molecule has 4 heterocycles. The normalized spacial score (nSPS) is 17.6. The summed E-state index contributed by atoms with van der Waals surface area (Å²) in [4.78, 5) is 33.9. The van der Waals surface area contributed by atoms with E-state index >= 15 is 0 Å². The lowest BCUT2D eigenvalue weighted by atomic mass is 9.82. The van der Waals surface area contributed by atoms with Gasteiger partial charge in [0.1, 0.15) is 5.82 Å². The lowest BCUT2D eigenvalue weighted by molar-refractivity contribution is -0.123. The minimum absolute atomic E-state index is 0.0498. The summed E-state index contributed by atoms with van der Waals surface area (Å²) >= 11 is 0. The van der Waals surface area contributed by atoms with Gasteiger partial charge in [0.25, 0.3) is 5.91 Å². The summed E-state index contributed by atoms with van der Waals surface area (Å²) < 4.78 is 2.05. The number of piperidine rings is 1. The third-order valence-electron chi connectivity index (χ3n) is 6.41. The molecule has 0 bridgehead atoms. The first-order chi connectivity index (χ1) is 15.1. The maximum atomic E-state index is 13.3. The Morgan fingerprint density at radius 3 is 2.48 bits per heavy atom. The van der Waals surface area contributed by atoms with Crippen LogP contribution in [0.4, 0.5) is 5.82 Å². The highest BCUT2D eigenvalue weighted by Gasteiger charge is 2.46. The van der Waals surface area contributed by atoms with E-state index in [1.165, 1.54) is 0 Å². The van der Waals surface area contributed by atoms with Gasteiger partial charge < -0.3 is 4.90 Å². The standard InChI is InChI=1S/C24H25N5O2/c1-18-15-21-28(17-19-7-11-25-12-8-19)22(30)16-24(29(21)26-18)9-13-27(14-10-24)23(31)20-5-3-2-4-6-20/h2-8,11-12,15H,9-10,13-14,16-17H2,1H3. The molecule has 0 radical (unpaired) electrons. The van der Waals surface area contributed by atoms with E-state index in [-0.39, 0.29) is 17.4 Å². The van der Waals surface area contributed by atoms with Gasteiger partial charge in [-0.15, -0.1) is 0 Å². The molecule has 31 heavy (non-hydrogen) atoms. The van der Waals surface area contributed by atoms with E-state index in [1.807, 2.05) is 65.3 Å². The summed E-state index contributed by atoms with van der Waals surface area (Å²) in [6.07, 6.45) is 5.32. The van der Waals surface area contributed by atoms with Crippen LogP contribution in [0.2, 0.25) is 0 Å². The minimum atomic E-state index is -0.372. The Hall–Kier alpha value is -3.48. The molecule has 0 unspecified atom stereocenters. The van der Waals surface area contributed by atoms with Crippen LogP contribution in [0, 0.1) is 6.92 Å². The number of aromatic nitrogens is 3. The van der Waals surface area contributed by atoms with Gasteiger partial charge in [-0.25, -0.2) is 4.68 Å². The van der Waals surface area contributed by atoms with Gasteiger partial charge in [0.15, 0.2) is 0 Å². The fraction of sp³-hybridized carbons (Fsp3) is 0.333. The topological polar surface area (TPSA) is 71.3 Å². The first-order valence-corrected chi connectivity index (χ1v) is 10.7. The SMILES string of the molecule is Cc1cc2n(n1)C1(CCN(C(=O)c3ccccc3)CC1)CC(=O)N2Cc1ccncc1. The number of hydrogen-bond donors (Lipinski definition) is 0. The van der Waals surface area contributed by atoms with E-state index in [0.29, 0.717) is 44.5 Å². The Balaban J connectivity index is 1.39. The monoisotopic (exact) mass is 415 g/mol. The summed E-state index contributed by atoms with van der Waals surface area (Å²) in [6, 6.07) is 15.2. The highest BCUT2D eigenvalue weighted by atomic mass is 16.2. The second kappa shape index (κ2) is 7.65. The van der Waals surface area contributed by atoms with Gasteiger partial charge in [0.2, 0.25) is 5.91 Å². The molecule has 0 N–H and O–H groups in total. The number of nitrogens with zero attached hydrogens (tertiary/aromatic N) is 5. The number of aryl methyl sites for hydroxylation is 1. The molecule has 2 aromatic heterocycles. The van der Waals surface area contributed by atoms with Crippen molar-refractivity contribution in [1.82, 2.24) is 19.7 Å². The molecule has 7 nitrogen and oxygen atoms in total. The second-order valence-electron chi connectivity index (χ2n) is 8.45.